The summed E-state index contributed by atoms with van der Waals surface area (Å²) in [5.41, 5.74) is -0.860. The minimum atomic E-state index is -0.860. The Labute approximate surface area is 132 Å². The highest BCUT2D eigenvalue weighted by Crippen LogP contribution is 2.19. The molecule has 5 nitrogen and oxygen atoms in total. The molecule has 1 aliphatic rings. The Hall–Kier alpha value is -1.56. The topological polar surface area (TPSA) is 58.6 Å². The fourth-order valence-corrected chi connectivity index (χ4v) is 2.49. The lowest BCUT2D eigenvalue weighted by Gasteiger charge is -2.41. The van der Waals surface area contributed by atoms with Gasteiger partial charge in [0, 0.05) is 4.47 Å². The Morgan fingerprint density at radius 2 is 1.90 bits per heavy atom. The summed E-state index contributed by atoms with van der Waals surface area (Å²) in [4.78, 5) is 25.8. The van der Waals surface area contributed by atoms with Crippen LogP contribution in [0.15, 0.2) is 28.7 Å². The quantitative estimate of drug-likeness (QED) is 0.898. The molecule has 0 radical (unpaired) electrons. The number of piperazine rings is 1. The number of carbonyl (C=O) groups is 2. The Balaban J connectivity index is 1.96. The highest BCUT2D eigenvalue weighted by Gasteiger charge is 2.43. The number of amides is 2. The fraction of sp³-hybridized carbons (Fsp3) is 0.467. The predicted molar refractivity (Wildman–Crippen MR) is 83.0 cm³/mol. The van der Waals surface area contributed by atoms with Gasteiger partial charge in [0.15, 0.2) is 0 Å². The standard InChI is InChI=1S/C15H19BrN2O3/c1-10-13(19)17-15(2,3)14(20)18(10)8-9-21-12-6-4-11(16)5-7-12/h4-7,10H,8-9H2,1-3H3,(H,17,19). The molecule has 0 bridgehead atoms. The van der Waals surface area contributed by atoms with Crippen molar-refractivity contribution in [2.75, 3.05) is 13.2 Å². The summed E-state index contributed by atoms with van der Waals surface area (Å²) in [5.74, 6) is 0.510. The molecule has 0 aromatic heterocycles. The van der Waals surface area contributed by atoms with E-state index in [-0.39, 0.29) is 11.8 Å². The second-order valence-corrected chi connectivity index (χ2v) is 6.51. The van der Waals surface area contributed by atoms with E-state index in [4.69, 9.17) is 4.74 Å². The summed E-state index contributed by atoms with van der Waals surface area (Å²) in [6, 6.07) is 7.00. The number of benzene rings is 1. The number of hydrogen-bond donors (Lipinski definition) is 1. The number of ether oxygens (including phenoxy) is 1. The first-order chi connectivity index (χ1) is 9.81. The lowest BCUT2D eigenvalue weighted by atomic mass is 9.97. The van der Waals surface area contributed by atoms with Gasteiger partial charge in [0.2, 0.25) is 11.8 Å². The van der Waals surface area contributed by atoms with Crippen molar-refractivity contribution in [3.8, 4) is 5.75 Å². The summed E-state index contributed by atoms with van der Waals surface area (Å²) in [5, 5.41) is 2.72. The summed E-state index contributed by atoms with van der Waals surface area (Å²) >= 11 is 3.36. The first-order valence-corrected chi connectivity index (χ1v) is 7.62. The van der Waals surface area contributed by atoms with Gasteiger partial charge in [-0.25, -0.2) is 0 Å². The molecule has 1 atom stereocenters. The van der Waals surface area contributed by atoms with E-state index in [0.29, 0.717) is 13.2 Å². The number of nitrogens with zero attached hydrogens (tertiary/aromatic N) is 1. The molecule has 1 aromatic rings. The van der Waals surface area contributed by atoms with Crippen LogP contribution in [-0.2, 0) is 9.59 Å². The van der Waals surface area contributed by atoms with E-state index >= 15 is 0 Å². The van der Waals surface area contributed by atoms with Crippen LogP contribution in [0.2, 0.25) is 0 Å². The van der Waals surface area contributed by atoms with E-state index < -0.39 is 11.6 Å². The second-order valence-electron chi connectivity index (χ2n) is 5.59. The number of hydrogen-bond acceptors (Lipinski definition) is 3. The minimum Gasteiger partial charge on any atom is -0.492 e. The monoisotopic (exact) mass is 354 g/mol. The third-order valence-electron chi connectivity index (χ3n) is 3.49. The Kier molecular flexibility index (Phi) is 4.56. The number of halogens is 1. The third kappa shape index (κ3) is 3.56. The van der Waals surface area contributed by atoms with Crippen molar-refractivity contribution in [3.05, 3.63) is 28.7 Å². The maximum absolute atomic E-state index is 12.3. The van der Waals surface area contributed by atoms with Gasteiger partial charge in [-0.1, -0.05) is 15.9 Å². The number of carbonyl (C=O) groups excluding carboxylic acids is 2. The average molecular weight is 355 g/mol. The van der Waals surface area contributed by atoms with Gasteiger partial charge in [0.1, 0.15) is 23.9 Å². The molecule has 1 fully saturated rings. The molecule has 1 aromatic carbocycles. The molecule has 2 amide bonds. The predicted octanol–water partition coefficient (Wildman–Crippen LogP) is 1.95. The van der Waals surface area contributed by atoms with Crippen LogP contribution in [0.3, 0.4) is 0 Å². The molecule has 114 valence electrons. The van der Waals surface area contributed by atoms with Crippen LogP contribution in [0.25, 0.3) is 0 Å². The first-order valence-electron chi connectivity index (χ1n) is 6.83. The maximum Gasteiger partial charge on any atom is 0.248 e. The van der Waals surface area contributed by atoms with E-state index in [9.17, 15) is 9.59 Å². The molecule has 1 saturated heterocycles. The molecule has 21 heavy (non-hydrogen) atoms. The van der Waals surface area contributed by atoms with Crippen molar-refractivity contribution in [2.24, 2.45) is 0 Å². The van der Waals surface area contributed by atoms with Crippen molar-refractivity contribution >= 4 is 27.7 Å². The SMILES string of the molecule is CC1C(=O)NC(C)(C)C(=O)N1CCOc1ccc(Br)cc1. The maximum atomic E-state index is 12.3. The number of rotatable bonds is 4. The van der Waals surface area contributed by atoms with Crippen molar-refractivity contribution in [1.29, 1.82) is 0 Å². The fourth-order valence-electron chi connectivity index (χ4n) is 2.23. The van der Waals surface area contributed by atoms with Crippen LogP contribution in [0.4, 0.5) is 0 Å². The van der Waals surface area contributed by atoms with Crippen LogP contribution in [0.1, 0.15) is 20.8 Å². The zero-order chi connectivity index (χ0) is 15.6. The van der Waals surface area contributed by atoms with Gasteiger partial charge in [-0.3, -0.25) is 9.59 Å². The Morgan fingerprint density at radius 1 is 1.29 bits per heavy atom. The molecular formula is C15H19BrN2O3. The van der Waals surface area contributed by atoms with Crippen LogP contribution in [0.5, 0.6) is 5.75 Å². The lowest BCUT2D eigenvalue weighted by Crippen LogP contribution is -2.67. The van der Waals surface area contributed by atoms with Gasteiger partial charge in [-0.05, 0) is 45.0 Å². The molecule has 1 N–H and O–H groups in total. The second kappa shape index (κ2) is 6.05. The van der Waals surface area contributed by atoms with Gasteiger partial charge in [0.25, 0.3) is 0 Å². The van der Waals surface area contributed by atoms with Gasteiger partial charge < -0.3 is 15.0 Å². The van der Waals surface area contributed by atoms with E-state index in [0.717, 1.165) is 10.2 Å². The van der Waals surface area contributed by atoms with Crippen LogP contribution in [-0.4, -0.2) is 41.4 Å². The van der Waals surface area contributed by atoms with E-state index in [1.54, 1.807) is 25.7 Å². The van der Waals surface area contributed by atoms with E-state index in [1.165, 1.54) is 0 Å². The van der Waals surface area contributed by atoms with Crippen molar-refractivity contribution in [1.82, 2.24) is 10.2 Å². The molecule has 1 unspecified atom stereocenters. The zero-order valence-corrected chi connectivity index (χ0v) is 13.9. The van der Waals surface area contributed by atoms with Crippen molar-refractivity contribution < 1.29 is 14.3 Å². The van der Waals surface area contributed by atoms with E-state index in [1.807, 2.05) is 24.3 Å². The first kappa shape index (κ1) is 15.8. The smallest absolute Gasteiger partial charge is 0.248 e. The highest BCUT2D eigenvalue weighted by atomic mass is 79.9. The van der Waals surface area contributed by atoms with Crippen LogP contribution >= 0.6 is 15.9 Å². The van der Waals surface area contributed by atoms with Gasteiger partial charge >= 0.3 is 0 Å². The summed E-state index contributed by atoms with van der Waals surface area (Å²) in [6.07, 6.45) is 0. The van der Waals surface area contributed by atoms with Crippen molar-refractivity contribution in [2.45, 2.75) is 32.4 Å². The molecule has 0 saturated carbocycles. The van der Waals surface area contributed by atoms with Crippen molar-refractivity contribution in [3.63, 3.8) is 0 Å². The Morgan fingerprint density at radius 3 is 2.52 bits per heavy atom. The molecule has 0 spiro atoms. The Bertz CT molecular complexity index is 542. The summed E-state index contributed by atoms with van der Waals surface area (Å²) < 4.78 is 6.60. The normalized spacial score (nSPS) is 21.1. The van der Waals surface area contributed by atoms with Crippen LogP contribution in [0, 0.1) is 0 Å². The van der Waals surface area contributed by atoms with Gasteiger partial charge in [0.05, 0.1) is 6.54 Å². The van der Waals surface area contributed by atoms with Gasteiger partial charge in [-0.2, -0.15) is 0 Å². The molecule has 1 aliphatic heterocycles. The zero-order valence-electron chi connectivity index (χ0n) is 12.4. The third-order valence-corrected chi connectivity index (χ3v) is 4.02. The molecule has 1 heterocycles. The molecule has 0 aliphatic carbocycles. The average Bonchev–Trinajstić information content (AvgIpc) is 2.42. The van der Waals surface area contributed by atoms with Gasteiger partial charge in [-0.15, -0.1) is 0 Å². The molecule has 2 rings (SSSR count). The highest BCUT2D eigenvalue weighted by molar-refractivity contribution is 9.10. The van der Waals surface area contributed by atoms with Crippen LogP contribution < -0.4 is 10.1 Å². The summed E-state index contributed by atoms with van der Waals surface area (Å²) in [7, 11) is 0. The largest absolute Gasteiger partial charge is 0.492 e. The summed E-state index contributed by atoms with van der Waals surface area (Å²) in [6.45, 7) is 5.87. The molecular weight excluding hydrogens is 336 g/mol. The number of nitrogens with one attached hydrogen (secondary N) is 1. The van der Waals surface area contributed by atoms with E-state index in [2.05, 4.69) is 21.2 Å². The molecule has 6 heteroatoms. The lowest BCUT2D eigenvalue weighted by molar-refractivity contribution is -0.153. The minimum absolute atomic E-state index is 0.0889.